The summed E-state index contributed by atoms with van der Waals surface area (Å²) in [7, 11) is 0. The van der Waals surface area contributed by atoms with E-state index in [1.54, 1.807) is 13.8 Å². The van der Waals surface area contributed by atoms with Crippen LogP contribution in [0.15, 0.2) is 0 Å². The van der Waals surface area contributed by atoms with Crippen molar-refractivity contribution in [2.24, 2.45) is 0 Å². The normalized spacial score (nSPS) is 12.5. The van der Waals surface area contributed by atoms with E-state index in [1.807, 2.05) is 0 Å². The van der Waals surface area contributed by atoms with Crippen molar-refractivity contribution >= 4 is 22.4 Å². The molecule has 0 unspecified atom stereocenters. The third-order valence-electron chi connectivity index (χ3n) is 1.67. The Kier molecular flexibility index (Phi) is 3.43. The van der Waals surface area contributed by atoms with Crippen molar-refractivity contribution in [3.8, 4) is 0 Å². The number of hydrogen-bond donors (Lipinski definition) is 3. The predicted molar refractivity (Wildman–Crippen MR) is 55.3 cm³/mol. The molecule has 0 aliphatic rings. The maximum Gasteiger partial charge on any atom is 0.263 e. The second-order valence-electron chi connectivity index (χ2n) is 3.02. The minimum atomic E-state index is -0.259. The van der Waals surface area contributed by atoms with Gasteiger partial charge in [-0.3, -0.25) is 4.79 Å². The molecule has 0 saturated carbocycles. The summed E-state index contributed by atoms with van der Waals surface area (Å²) in [6, 6.07) is -0.259. The summed E-state index contributed by atoms with van der Waals surface area (Å²) in [6.07, 6.45) is 0. The van der Waals surface area contributed by atoms with Crippen LogP contribution in [0.1, 0.15) is 22.3 Å². The summed E-state index contributed by atoms with van der Waals surface area (Å²) in [5.74, 6) is -0.238. The molecule has 5 nitrogen and oxygen atoms in total. The van der Waals surface area contributed by atoms with Gasteiger partial charge in [-0.15, -0.1) is 0 Å². The molecule has 1 rings (SSSR count). The molecule has 14 heavy (non-hydrogen) atoms. The topological polar surface area (TPSA) is 88.2 Å². The highest BCUT2D eigenvalue weighted by molar-refractivity contribution is 7.17. The maximum atomic E-state index is 11.5. The molecule has 1 amide bonds. The Morgan fingerprint density at radius 2 is 2.43 bits per heavy atom. The zero-order valence-electron chi connectivity index (χ0n) is 8.07. The van der Waals surface area contributed by atoms with Crippen LogP contribution in [0.3, 0.4) is 0 Å². The van der Waals surface area contributed by atoms with Crippen molar-refractivity contribution in [2.75, 3.05) is 12.3 Å². The van der Waals surface area contributed by atoms with E-state index in [2.05, 4.69) is 10.3 Å². The van der Waals surface area contributed by atoms with Crippen LogP contribution >= 0.6 is 11.3 Å². The van der Waals surface area contributed by atoms with Crippen molar-refractivity contribution in [2.45, 2.75) is 19.9 Å². The first kappa shape index (κ1) is 10.9. The van der Waals surface area contributed by atoms with Crippen LogP contribution < -0.4 is 11.1 Å². The number of aliphatic hydroxyl groups excluding tert-OH is 1. The van der Waals surface area contributed by atoms with Crippen molar-refractivity contribution in [3.63, 3.8) is 0 Å². The highest BCUT2D eigenvalue weighted by Gasteiger charge is 2.15. The van der Waals surface area contributed by atoms with Crippen LogP contribution in [0.5, 0.6) is 0 Å². The summed E-state index contributed by atoms with van der Waals surface area (Å²) >= 11 is 1.15. The first-order valence-corrected chi connectivity index (χ1v) is 5.01. The molecule has 0 spiro atoms. The van der Waals surface area contributed by atoms with E-state index in [0.717, 1.165) is 11.3 Å². The molecular formula is C8H13N3O2S. The van der Waals surface area contributed by atoms with Gasteiger partial charge >= 0.3 is 0 Å². The third kappa shape index (κ3) is 2.43. The van der Waals surface area contributed by atoms with Gasteiger partial charge in [0.05, 0.1) is 12.3 Å². The number of nitrogen functional groups attached to an aromatic ring is 1. The molecule has 4 N–H and O–H groups in total. The van der Waals surface area contributed by atoms with Gasteiger partial charge in [-0.1, -0.05) is 11.3 Å². The number of aromatic nitrogens is 1. The van der Waals surface area contributed by atoms with Crippen molar-refractivity contribution in [3.05, 3.63) is 10.6 Å². The smallest absolute Gasteiger partial charge is 0.263 e. The summed E-state index contributed by atoms with van der Waals surface area (Å²) in [4.78, 5) is 16.0. The van der Waals surface area contributed by atoms with Gasteiger partial charge in [-0.25, -0.2) is 4.98 Å². The number of hydrogen-bond acceptors (Lipinski definition) is 5. The van der Waals surface area contributed by atoms with Crippen molar-refractivity contribution in [1.82, 2.24) is 10.3 Å². The molecule has 1 heterocycles. The lowest BCUT2D eigenvalue weighted by Gasteiger charge is -2.09. The highest BCUT2D eigenvalue weighted by atomic mass is 32.1. The molecule has 0 radical (unpaired) electrons. The van der Waals surface area contributed by atoms with E-state index in [-0.39, 0.29) is 18.6 Å². The lowest BCUT2D eigenvalue weighted by Crippen LogP contribution is -2.34. The number of nitrogens with zero attached hydrogens (tertiary/aromatic N) is 1. The van der Waals surface area contributed by atoms with E-state index < -0.39 is 0 Å². The Morgan fingerprint density at radius 3 is 2.86 bits per heavy atom. The van der Waals surface area contributed by atoms with Crippen LogP contribution in [0.2, 0.25) is 0 Å². The maximum absolute atomic E-state index is 11.5. The van der Waals surface area contributed by atoms with Gasteiger partial charge in [0.15, 0.2) is 5.13 Å². The van der Waals surface area contributed by atoms with Crippen LogP contribution in [-0.4, -0.2) is 28.6 Å². The fourth-order valence-electron chi connectivity index (χ4n) is 0.963. The summed E-state index contributed by atoms with van der Waals surface area (Å²) in [5.41, 5.74) is 6.08. The second kappa shape index (κ2) is 4.39. The quantitative estimate of drug-likeness (QED) is 0.669. The van der Waals surface area contributed by atoms with Gasteiger partial charge in [0.25, 0.3) is 5.91 Å². The lowest BCUT2D eigenvalue weighted by atomic mass is 10.3. The van der Waals surface area contributed by atoms with E-state index in [0.29, 0.717) is 15.7 Å². The number of nitrogens with one attached hydrogen (secondary N) is 1. The molecule has 1 atom stereocenters. The van der Waals surface area contributed by atoms with E-state index >= 15 is 0 Å². The SMILES string of the molecule is Cc1nc(N)sc1C(=O)N[C@@H](C)CO. The Labute approximate surface area is 86.0 Å². The first-order chi connectivity index (χ1) is 6.54. The molecular weight excluding hydrogens is 202 g/mol. The number of nitrogens with two attached hydrogens (primary N) is 1. The summed E-state index contributed by atoms with van der Waals surface area (Å²) in [5, 5.41) is 11.8. The van der Waals surface area contributed by atoms with Crippen LogP contribution in [0, 0.1) is 6.92 Å². The minimum absolute atomic E-state index is 0.0843. The predicted octanol–water partition coefficient (Wildman–Crippen LogP) is 0.144. The van der Waals surface area contributed by atoms with Gasteiger partial charge < -0.3 is 16.2 Å². The Morgan fingerprint density at radius 1 is 1.79 bits per heavy atom. The lowest BCUT2D eigenvalue weighted by molar-refractivity contribution is 0.0925. The zero-order chi connectivity index (χ0) is 10.7. The fraction of sp³-hybridized carbons (Fsp3) is 0.500. The molecule has 1 aromatic heterocycles. The Balaban J connectivity index is 2.74. The van der Waals surface area contributed by atoms with E-state index in [4.69, 9.17) is 10.8 Å². The minimum Gasteiger partial charge on any atom is -0.394 e. The molecule has 78 valence electrons. The third-order valence-corrected chi connectivity index (χ3v) is 2.66. The largest absolute Gasteiger partial charge is 0.394 e. The molecule has 0 aliphatic carbocycles. The zero-order valence-corrected chi connectivity index (χ0v) is 8.89. The Bertz CT molecular complexity index is 337. The van der Waals surface area contributed by atoms with Crippen LogP contribution in [0.25, 0.3) is 0 Å². The number of amides is 1. The van der Waals surface area contributed by atoms with E-state index in [1.165, 1.54) is 0 Å². The molecule has 0 bridgehead atoms. The van der Waals surface area contributed by atoms with Gasteiger partial charge in [0.1, 0.15) is 4.88 Å². The first-order valence-electron chi connectivity index (χ1n) is 4.19. The molecule has 0 aliphatic heterocycles. The average molecular weight is 215 g/mol. The number of thiazole rings is 1. The number of aryl methyl sites for hydroxylation is 1. The molecule has 0 saturated heterocycles. The number of carbonyl (C=O) groups excluding carboxylic acids is 1. The number of aliphatic hydroxyl groups is 1. The Hall–Kier alpha value is -1.14. The van der Waals surface area contributed by atoms with Gasteiger partial charge in [0, 0.05) is 6.04 Å². The fourth-order valence-corrected chi connectivity index (χ4v) is 1.70. The van der Waals surface area contributed by atoms with Crippen LogP contribution in [-0.2, 0) is 0 Å². The van der Waals surface area contributed by atoms with E-state index in [9.17, 15) is 4.79 Å². The number of anilines is 1. The van der Waals surface area contributed by atoms with Crippen molar-refractivity contribution in [1.29, 1.82) is 0 Å². The van der Waals surface area contributed by atoms with Crippen LogP contribution in [0.4, 0.5) is 5.13 Å². The van der Waals surface area contributed by atoms with Gasteiger partial charge in [0.2, 0.25) is 0 Å². The number of rotatable bonds is 3. The standard InChI is InChI=1S/C8H13N3O2S/c1-4(3-12)10-7(13)6-5(2)11-8(9)14-6/h4,12H,3H2,1-2H3,(H2,9,11)(H,10,13)/t4-/m0/s1. The number of carbonyl (C=O) groups is 1. The molecule has 1 aromatic rings. The van der Waals surface area contributed by atoms with Crippen molar-refractivity contribution < 1.29 is 9.90 Å². The second-order valence-corrected chi connectivity index (χ2v) is 4.05. The van der Waals surface area contributed by atoms with Gasteiger partial charge in [-0.2, -0.15) is 0 Å². The van der Waals surface area contributed by atoms with Gasteiger partial charge in [-0.05, 0) is 13.8 Å². The highest BCUT2D eigenvalue weighted by Crippen LogP contribution is 2.19. The average Bonchev–Trinajstić information content (AvgIpc) is 2.45. The molecule has 0 fully saturated rings. The summed E-state index contributed by atoms with van der Waals surface area (Å²) < 4.78 is 0. The monoisotopic (exact) mass is 215 g/mol. The molecule has 0 aromatic carbocycles. The summed E-state index contributed by atoms with van der Waals surface area (Å²) in [6.45, 7) is 3.36. The molecule has 6 heteroatoms.